The highest BCUT2D eigenvalue weighted by molar-refractivity contribution is 5.35. The molecule has 0 radical (unpaired) electrons. The molecule has 1 atom stereocenters. The van der Waals surface area contributed by atoms with Crippen LogP contribution in [0, 0.1) is 6.92 Å². The molecule has 1 unspecified atom stereocenters. The third kappa shape index (κ3) is 2.64. The number of imidazole rings is 1. The van der Waals surface area contributed by atoms with E-state index in [0.29, 0.717) is 12.1 Å². The smallest absolute Gasteiger partial charge is 0.206 e. The highest BCUT2D eigenvalue weighted by Gasteiger charge is 2.25. The minimum atomic E-state index is 0.593. The summed E-state index contributed by atoms with van der Waals surface area (Å²) in [6.45, 7) is 4.37. The molecule has 4 nitrogen and oxygen atoms in total. The minimum Gasteiger partial charge on any atom is -0.341 e. The van der Waals surface area contributed by atoms with Crippen LogP contribution in [0.3, 0.4) is 0 Å². The minimum absolute atomic E-state index is 0.593. The van der Waals surface area contributed by atoms with Crippen molar-refractivity contribution in [2.24, 2.45) is 0 Å². The Morgan fingerprint density at radius 2 is 2.05 bits per heavy atom. The number of aromatic nitrogens is 2. The summed E-state index contributed by atoms with van der Waals surface area (Å²) in [5.41, 5.74) is 1.15. The Balaban J connectivity index is 1.82. The standard InChI is InChI=1S/C15H26N4/c1-12-11-19(13-6-3-4-7-13)15(17-12)18(2)14-8-5-9-16-10-14/h11,13-14,16H,3-10H2,1-2H3. The van der Waals surface area contributed by atoms with Crippen LogP contribution in [0.15, 0.2) is 6.20 Å². The molecular formula is C15H26N4. The van der Waals surface area contributed by atoms with Gasteiger partial charge in [-0.1, -0.05) is 12.8 Å². The number of hydrogen-bond acceptors (Lipinski definition) is 3. The molecule has 0 spiro atoms. The van der Waals surface area contributed by atoms with Gasteiger partial charge < -0.3 is 14.8 Å². The molecule has 4 heteroatoms. The lowest BCUT2D eigenvalue weighted by Gasteiger charge is -2.33. The van der Waals surface area contributed by atoms with Crippen LogP contribution < -0.4 is 10.2 Å². The first-order valence-electron chi connectivity index (χ1n) is 7.75. The Hall–Kier alpha value is -1.03. The molecule has 1 aliphatic heterocycles. The summed E-state index contributed by atoms with van der Waals surface area (Å²) in [6, 6.07) is 1.27. The molecule has 19 heavy (non-hydrogen) atoms. The number of likely N-dealkylation sites (N-methyl/N-ethyl adjacent to an activating group) is 1. The molecule has 1 saturated heterocycles. The third-order valence-corrected chi connectivity index (χ3v) is 4.69. The fourth-order valence-electron chi connectivity index (χ4n) is 3.54. The Kier molecular flexibility index (Phi) is 3.78. The largest absolute Gasteiger partial charge is 0.341 e. The Morgan fingerprint density at radius 1 is 1.26 bits per heavy atom. The van der Waals surface area contributed by atoms with Crippen LogP contribution in [0.2, 0.25) is 0 Å². The van der Waals surface area contributed by atoms with Crippen LogP contribution >= 0.6 is 0 Å². The van der Waals surface area contributed by atoms with Crippen LogP contribution in [0.25, 0.3) is 0 Å². The van der Waals surface area contributed by atoms with Crippen molar-refractivity contribution in [3.63, 3.8) is 0 Å². The SMILES string of the molecule is Cc1cn(C2CCCC2)c(N(C)C2CCCNC2)n1. The van der Waals surface area contributed by atoms with Crippen molar-refractivity contribution in [3.05, 3.63) is 11.9 Å². The molecule has 3 rings (SSSR count). The van der Waals surface area contributed by atoms with Gasteiger partial charge in [0.1, 0.15) is 0 Å². The molecule has 1 saturated carbocycles. The lowest BCUT2D eigenvalue weighted by atomic mass is 10.1. The molecule has 106 valence electrons. The van der Waals surface area contributed by atoms with Crippen molar-refractivity contribution in [1.29, 1.82) is 0 Å². The molecule has 0 bridgehead atoms. The van der Waals surface area contributed by atoms with Crippen LogP contribution in [-0.2, 0) is 0 Å². The zero-order valence-electron chi connectivity index (χ0n) is 12.2. The van der Waals surface area contributed by atoms with Crippen LogP contribution in [0.4, 0.5) is 5.95 Å². The summed E-state index contributed by atoms with van der Waals surface area (Å²) in [5, 5.41) is 3.50. The zero-order chi connectivity index (χ0) is 13.2. The lowest BCUT2D eigenvalue weighted by Crippen LogP contribution is -2.45. The van der Waals surface area contributed by atoms with Gasteiger partial charge in [0.15, 0.2) is 0 Å². The second kappa shape index (κ2) is 5.53. The number of aryl methyl sites for hydroxylation is 1. The molecule has 0 amide bonds. The summed E-state index contributed by atoms with van der Waals surface area (Å²) in [6.07, 6.45) is 10.2. The topological polar surface area (TPSA) is 33.1 Å². The Morgan fingerprint density at radius 3 is 2.74 bits per heavy atom. The normalized spacial score (nSPS) is 24.8. The second-order valence-electron chi connectivity index (χ2n) is 6.14. The van der Waals surface area contributed by atoms with Gasteiger partial charge in [0.05, 0.1) is 5.69 Å². The fourth-order valence-corrected chi connectivity index (χ4v) is 3.54. The number of hydrogen-bond donors (Lipinski definition) is 1. The van der Waals surface area contributed by atoms with Crippen molar-refractivity contribution in [3.8, 4) is 0 Å². The highest BCUT2D eigenvalue weighted by Crippen LogP contribution is 2.33. The van der Waals surface area contributed by atoms with E-state index >= 15 is 0 Å². The van der Waals surface area contributed by atoms with Crippen molar-refractivity contribution in [1.82, 2.24) is 14.9 Å². The molecule has 1 N–H and O–H groups in total. The first-order valence-corrected chi connectivity index (χ1v) is 7.75. The van der Waals surface area contributed by atoms with Crippen LogP contribution in [0.5, 0.6) is 0 Å². The van der Waals surface area contributed by atoms with Gasteiger partial charge in [0.25, 0.3) is 0 Å². The first kappa shape index (κ1) is 13.0. The number of anilines is 1. The molecule has 2 fully saturated rings. The molecule has 1 aromatic heterocycles. The summed E-state index contributed by atoms with van der Waals surface area (Å²) < 4.78 is 2.44. The summed E-state index contributed by atoms with van der Waals surface area (Å²) in [7, 11) is 2.21. The van der Waals surface area contributed by atoms with Crippen molar-refractivity contribution < 1.29 is 0 Å². The predicted octanol–water partition coefficient (Wildman–Crippen LogP) is 2.49. The average Bonchev–Trinajstić information content (AvgIpc) is 3.07. The molecule has 2 heterocycles. The third-order valence-electron chi connectivity index (χ3n) is 4.69. The van der Waals surface area contributed by atoms with E-state index in [0.717, 1.165) is 12.2 Å². The van der Waals surface area contributed by atoms with Gasteiger partial charge >= 0.3 is 0 Å². The summed E-state index contributed by atoms with van der Waals surface area (Å²) in [5.74, 6) is 1.18. The van der Waals surface area contributed by atoms with Crippen LogP contribution in [-0.4, -0.2) is 35.7 Å². The highest BCUT2D eigenvalue weighted by atomic mass is 15.3. The fraction of sp³-hybridized carbons (Fsp3) is 0.800. The van der Waals surface area contributed by atoms with E-state index < -0.39 is 0 Å². The van der Waals surface area contributed by atoms with Gasteiger partial charge in [0.2, 0.25) is 5.95 Å². The molecular weight excluding hydrogens is 236 g/mol. The van der Waals surface area contributed by atoms with E-state index in [4.69, 9.17) is 4.98 Å². The van der Waals surface area contributed by atoms with Gasteiger partial charge in [-0.05, 0) is 39.2 Å². The van der Waals surface area contributed by atoms with Crippen LogP contribution in [0.1, 0.15) is 50.3 Å². The van der Waals surface area contributed by atoms with Gasteiger partial charge in [-0.15, -0.1) is 0 Å². The van der Waals surface area contributed by atoms with E-state index in [2.05, 4.69) is 35.0 Å². The molecule has 1 aliphatic carbocycles. The first-order chi connectivity index (χ1) is 9.25. The van der Waals surface area contributed by atoms with E-state index in [-0.39, 0.29) is 0 Å². The van der Waals surface area contributed by atoms with E-state index in [9.17, 15) is 0 Å². The van der Waals surface area contributed by atoms with E-state index in [1.54, 1.807) is 0 Å². The number of nitrogens with zero attached hydrogens (tertiary/aromatic N) is 3. The molecule has 1 aromatic rings. The lowest BCUT2D eigenvalue weighted by molar-refractivity contribution is 0.430. The molecule has 0 aromatic carbocycles. The quantitative estimate of drug-likeness (QED) is 0.908. The Bertz CT molecular complexity index is 414. The maximum Gasteiger partial charge on any atom is 0.206 e. The summed E-state index contributed by atoms with van der Waals surface area (Å²) in [4.78, 5) is 7.19. The van der Waals surface area contributed by atoms with Gasteiger partial charge in [-0.3, -0.25) is 0 Å². The molecule has 2 aliphatic rings. The summed E-state index contributed by atoms with van der Waals surface area (Å²) >= 11 is 0. The predicted molar refractivity (Wildman–Crippen MR) is 78.8 cm³/mol. The van der Waals surface area contributed by atoms with Gasteiger partial charge in [-0.2, -0.15) is 0 Å². The number of piperidine rings is 1. The maximum atomic E-state index is 4.79. The number of nitrogens with one attached hydrogen (secondary N) is 1. The van der Waals surface area contributed by atoms with Crippen molar-refractivity contribution >= 4 is 5.95 Å². The van der Waals surface area contributed by atoms with E-state index in [1.807, 2.05) is 0 Å². The van der Waals surface area contributed by atoms with Gasteiger partial charge in [-0.25, -0.2) is 4.98 Å². The number of rotatable bonds is 3. The van der Waals surface area contributed by atoms with E-state index in [1.165, 1.54) is 51.0 Å². The van der Waals surface area contributed by atoms with Crippen molar-refractivity contribution in [2.45, 2.75) is 57.5 Å². The van der Waals surface area contributed by atoms with Crippen molar-refractivity contribution in [2.75, 3.05) is 25.0 Å². The maximum absolute atomic E-state index is 4.79. The monoisotopic (exact) mass is 262 g/mol. The zero-order valence-corrected chi connectivity index (χ0v) is 12.2. The average molecular weight is 262 g/mol. The van der Waals surface area contributed by atoms with Gasteiger partial charge in [0, 0.05) is 31.9 Å². The Labute approximate surface area is 116 Å². The second-order valence-corrected chi connectivity index (χ2v) is 6.14.